The highest BCUT2D eigenvalue weighted by Gasteiger charge is 2.46. The number of alkyl halides is 2. The van der Waals surface area contributed by atoms with E-state index in [1.54, 1.807) is 0 Å². The zero-order valence-electron chi connectivity index (χ0n) is 8.90. The average molecular weight is 224 g/mol. The first kappa shape index (κ1) is 11.6. The third-order valence-corrected chi connectivity index (χ3v) is 4.45. The quantitative estimate of drug-likeness (QED) is 0.488. The topological polar surface area (TPSA) is 3.24 Å². The maximum Gasteiger partial charge on any atom is 0.112 e. The highest BCUT2D eigenvalue weighted by atomic mass is 35.5. The number of nitrogens with zero attached hydrogens (tertiary/aromatic N) is 1. The van der Waals surface area contributed by atoms with E-state index in [0.29, 0.717) is 5.41 Å². The predicted molar refractivity (Wildman–Crippen MR) is 59.5 cm³/mol. The molecule has 0 spiro atoms. The molecular formula is C10H19Cl2N. The van der Waals surface area contributed by atoms with Crippen LogP contribution in [0.1, 0.15) is 33.1 Å². The van der Waals surface area contributed by atoms with Gasteiger partial charge in [-0.15, -0.1) is 23.2 Å². The van der Waals surface area contributed by atoms with Crippen molar-refractivity contribution in [1.29, 1.82) is 0 Å². The van der Waals surface area contributed by atoms with Crippen LogP contribution in [0.15, 0.2) is 0 Å². The predicted octanol–water partition coefficient (Wildman–Crippen LogP) is 3.30. The van der Waals surface area contributed by atoms with Gasteiger partial charge in [0.1, 0.15) is 5.00 Å². The fraction of sp³-hybridized carbons (Fsp3) is 1.00. The van der Waals surface area contributed by atoms with Gasteiger partial charge in [0, 0.05) is 0 Å². The minimum Gasteiger partial charge on any atom is -0.290 e. The minimum absolute atomic E-state index is 0.0668. The van der Waals surface area contributed by atoms with Crippen LogP contribution in [0.25, 0.3) is 0 Å². The molecule has 0 aromatic heterocycles. The van der Waals surface area contributed by atoms with Gasteiger partial charge in [-0.05, 0) is 38.8 Å². The SMILES string of the molecule is CN(C)C1(Cl)CC(C)(C)CCC1Cl. The van der Waals surface area contributed by atoms with Gasteiger partial charge in [0.25, 0.3) is 0 Å². The first-order valence-corrected chi connectivity index (χ1v) is 5.60. The Balaban J connectivity index is 2.82. The molecular weight excluding hydrogens is 205 g/mol. The molecule has 2 atom stereocenters. The summed E-state index contributed by atoms with van der Waals surface area (Å²) in [5.41, 5.74) is 0.317. The van der Waals surface area contributed by atoms with Gasteiger partial charge in [-0.2, -0.15) is 0 Å². The van der Waals surface area contributed by atoms with Gasteiger partial charge >= 0.3 is 0 Å². The summed E-state index contributed by atoms with van der Waals surface area (Å²) >= 11 is 12.8. The summed E-state index contributed by atoms with van der Waals surface area (Å²) < 4.78 is 0. The smallest absolute Gasteiger partial charge is 0.112 e. The second kappa shape index (κ2) is 3.60. The van der Waals surface area contributed by atoms with E-state index in [9.17, 15) is 0 Å². The Morgan fingerprint density at radius 2 is 1.85 bits per heavy atom. The largest absolute Gasteiger partial charge is 0.290 e. The Hall–Kier alpha value is 0.540. The summed E-state index contributed by atoms with van der Waals surface area (Å²) in [4.78, 5) is 1.69. The highest BCUT2D eigenvalue weighted by Crippen LogP contribution is 2.47. The standard InChI is InChI=1S/C10H19Cl2N/c1-9(2)6-5-8(11)10(12,7-9)13(3)4/h8H,5-7H2,1-4H3. The lowest BCUT2D eigenvalue weighted by molar-refractivity contribution is 0.106. The van der Waals surface area contributed by atoms with Crippen LogP contribution < -0.4 is 0 Å². The maximum absolute atomic E-state index is 6.54. The van der Waals surface area contributed by atoms with Crippen LogP contribution in [0.5, 0.6) is 0 Å². The molecule has 1 rings (SSSR count). The average Bonchev–Trinajstić information content (AvgIpc) is 1.97. The Kier molecular flexibility index (Phi) is 3.22. The van der Waals surface area contributed by atoms with Crippen molar-refractivity contribution in [3.05, 3.63) is 0 Å². The molecule has 0 amide bonds. The molecule has 1 fully saturated rings. The van der Waals surface area contributed by atoms with Gasteiger partial charge in [-0.3, -0.25) is 4.90 Å². The van der Waals surface area contributed by atoms with Crippen molar-refractivity contribution < 1.29 is 0 Å². The van der Waals surface area contributed by atoms with Crippen LogP contribution in [0.2, 0.25) is 0 Å². The molecule has 13 heavy (non-hydrogen) atoms. The highest BCUT2D eigenvalue weighted by molar-refractivity contribution is 6.32. The lowest BCUT2D eigenvalue weighted by atomic mass is 9.74. The molecule has 0 aromatic rings. The Bertz CT molecular complexity index is 191. The second-order valence-electron chi connectivity index (χ2n) is 5.06. The van der Waals surface area contributed by atoms with Gasteiger partial charge in [0.05, 0.1) is 5.38 Å². The lowest BCUT2D eigenvalue weighted by Crippen LogP contribution is -2.52. The van der Waals surface area contributed by atoms with Crippen molar-refractivity contribution >= 4 is 23.2 Å². The summed E-state index contributed by atoms with van der Waals surface area (Å²) in [6.45, 7) is 4.52. The van der Waals surface area contributed by atoms with Crippen molar-refractivity contribution in [2.24, 2.45) is 5.41 Å². The monoisotopic (exact) mass is 223 g/mol. The molecule has 3 heteroatoms. The molecule has 2 unspecified atom stereocenters. The van der Waals surface area contributed by atoms with Gasteiger partial charge in [0.2, 0.25) is 0 Å². The fourth-order valence-corrected chi connectivity index (χ4v) is 2.90. The number of rotatable bonds is 1. The maximum atomic E-state index is 6.54. The Morgan fingerprint density at radius 1 is 1.31 bits per heavy atom. The van der Waals surface area contributed by atoms with Gasteiger partial charge in [-0.1, -0.05) is 13.8 Å². The van der Waals surface area contributed by atoms with Crippen molar-refractivity contribution in [3.63, 3.8) is 0 Å². The van der Waals surface area contributed by atoms with Crippen LogP contribution in [0.4, 0.5) is 0 Å². The van der Waals surface area contributed by atoms with Crippen molar-refractivity contribution in [2.75, 3.05) is 14.1 Å². The van der Waals surface area contributed by atoms with E-state index in [4.69, 9.17) is 23.2 Å². The third-order valence-electron chi connectivity index (χ3n) is 3.02. The minimum atomic E-state index is -0.358. The summed E-state index contributed by atoms with van der Waals surface area (Å²) in [5.74, 6) is 0. The summed E-state index contributed by atoms with van der Waals surface area (Å²) in [6, 6.07) is 0. The first-order chi connectivity index (χ1) is 5.78. The van der Waals surface area contributed by atoms with Crippen molar-refractivity contribution in [3.8, 4) is 0 Å². The van der Waals surface area contributed by atoms with E-state index in [1.807, 2.05) is 19.0 Å². The number of halogens is 2. The zero-order valence-corrected chi connectivity index (χ0v) is 10.4. The molecule has 1 nitrogen and oxygen atoms in total. The molecule has 78 valence electrons. The Labute approximate surface area is 91.4 Å². The van der Waals surface area contributed by atoms with Crippen LogP contribution in [-0.2, 0) is 0 Å². The van der Waals surface area contributed by atoms with Gasteiger partial charge in [0.15, 0.2) is 0 Å². The van der Waals surface area contributed by atoms with E-state index >= 15 is 0 Å². The molecule has 0 N–H and O–H groups in total. The first-order valence-electron chi connectivity index (χ1n) is 4.78. The molecule has 1 saturated carbocycles. The van der Waals surface area contributed by atoms with Crippen LogP contribution in [-0.4, -0.2) is 29.4 Å². The van der Waals surface area contributed by atoms with E-state index in [1.165, 1.54) is 6.42 Å². The number of hydrogen-bond donors (Lipinski definition) is 0. The molecule has 0 heterocycles. The van der Waals surface area contributed by atoms with Gasteiger partial charge in [-0.25, -0.2) is 0 Å². The molecule has 1 aliphatic carbocycles. The third kappa shape index (κ3) is 2.31. The van der Waals surface area contributed by atoms with Gasteiger partial charge < -0.3 is 0 Å². The summed E-state index contributed by atoms with van der Waals surface area (Å²) in [7, 11) is 4.01. The zero-order chi connectivity index (χ0) is 10.3. The van der Waals surface area contributed by atoms with E-state index < -0.39 is 0 Å². The molecule has 0 aliphatic heterocycles. The second-order valence-corrected chi connectivity index (χ2v) is 6.24. The van der Waals surface area contributed by atoms with E-state index in [-0.39, 0.29) is 10.4 Å². The van der Waals surface area contributed by atoms with Crippen LogP contribution in [0.3, 0.4) is 0 Å². The van der Waals surface area contributed by atoms with Crippen LogP contribution >= 0.6 is 23.2 Å². The Morgan fingerprint density at radius 3 is 2.23 bits per heavy atom. The van der Waals surface area contributed by atoms with Crippen LogP contribution in [0, 0.1) is 5.41 Å². The van der Waals surface area contributed by atoms with Crippen molar-refractivity contribution in [2.45, 2.75) is 43.5 Å². The molecule has 0 bridgehead atoms. The lowest BCUT2D eigenvalue weighted by Gasteiger charge is -2.47. The summed E-state index contributed by atoms with van der Waals surface area (Å²) in [5, 5.41) is 0.0668. The number of hydrogen-bond acceptors (Lipinski definition) is 1. The molecule has 0 saturated heterocycles. The summed E-state index contributed by atoms with van der Waals surface area (Å²) in [6.07, 6.45) is 3.14. The molecule has 0 radical (unpaired) electrons. The normalized spacial score (nSPS) is 39.5. The van der Waals surface area contributed by atoms with E-state index in [0.717, 1.165) is 12.8 Å². The van der Waals surface area contributed by atoms with E-state index in [2.05, 4.69) is 13.8 Å². The van der Waals surface area contributed by atoms with Crippen molar-refractivity contribution in [1.82, 2.24) is 4.90 Å². The fourth-order valence-electron chi connectivity index (χ4n) is 2.05. The molecule has 0 aromatic carbocycles. The molecule has 1 aliphatic rings.